The Labute approximate surface area is 133 Å². The summed E-state index contributed by atoms with van der Waals surface area (Å²) in [7, 11) is 1.63. The molecule has 0 aliphatic rings. The second-order valence-electron chi connectivity index (χ2n) is 4.62. The maximum Gasteiger partial charge on any atom is 0.165 e. The van der Waals surface area contributed by atoms with E-state index in [1.807, 2.05) is 37.3 Å². The van der Waals surface area contributed by atoms with E-state index < -0.39 is 0 Å². The first-order valence-corrected chi connectivity index (χ1v) is 7.66. The van der Waals surface area contributed by atoms with Gasteiger partial charge in [0.2, 0.25) is 0 Å². The third-order valence-electron chi connectivity index (χ3n) is 3.27. The number of alkyl halides is 1. The Bertz CT molecular complexity index is 655. The van der Waals surface area contributed by atoms with Crippen LogP contribution in [0.25, 0.3) is 0 Å². The Hall–Kier alpha value is -1.99. The van der Waals surface area contributed by atoms with Gasteiger partial charge in [0.1, 0.15) is 6.61 Å². The van der Waals surface area contributed by atoms with E-state index in [4.69, 9.17) is 14.7 Å². The molecule has 0 heterocycles. The molecule has 0 saturated heterocycles. The minimum atomic E-state index is 0.442. The van der Waals surface area contributed by atoms with Crippen LogP contribution in [0.5, 0.6) is 11.5 Å². The van der Waals surface area contributed by atoms with Gasteiger partial charge in [0, 0.05) is 10.9 Å². The Morgan fingerprint density at radius 2 is 2.00 bits per heavy atom. The molecular formula is C17H16BrNO2. The van der Waals surface area contributed by atoms with E-state index >= 15 is 0 Å². The molecule has 0 radical (unpaired) electrons. The highest BCUT2D eigenvalue weighted by atomic mass is 79.9. The summed E-state index contributed by atoms with van der Waals surface area (Å²) < 4.78 is 11.3. The van der Waals surface area contributed by atoms with Crippen molar-refractivity contribution in [2.45, 2.75) is 18.9 Å². The highest BCUT2D eigenvalue weighted by Crippen LogP contribution is 2.33. The number of hydrogen-bond acceptors (Lipinski definition) is 3. The highest BCUT2D eigenvalue weighted by Gasteiger charge is 2.10. The van der Waals surface area contributed by atoms with Gasteiger partial charge in [0.15, 0.2) is 11.5 Å². The van der Waals surface area contributed by atoms with E-state index in [1.54, 1.807) is 13.2 Å². The Balaban J connectivity index is 2.22. The fourth-order valence-corrected chi connectivity index (χ4v) is 2.51. The van der Waals surface area contributed by atoms with Crippen molar-refractivity contribution in [3.63, 3.8) is 0 Å². The minimum absolute atomic E-state index is 0.442. The molecule has 21 heavy (non-hydrogen) atoms. The molecule has 2 aromatic rings. The van der Waals surface area contributed by atoms with Crippen molar-refractivity contribution >= 4 is 15.9 Å². The molecule has 0 atom stereocenters. The van der Waals surface area contributed by atoms with Gasteiger partial charge in [-0.05, 0) is 36.2 Å². The lowest BCUT2D eigenvalue weighted by atomic mass is 10.1. The van der Waals surface area contributed by atoms with Gasteiger partial charge in [0.05, 0.1) is 18.7 Å². The standard InChI is InChI=1S/C17H16BrNO2/c1-12-8-13(10-19)6-7-15(12)11-21-17-14(9-18)4-3-5-16(17)20-2/h3-8H,9,11H2,1-2H3. The van der Waals surface area contributed by atoms with Gasteiger partial charge in [-0.15, -0.1) is 0 Å². The topological polar surface area (TPSA) is 42.2 Å². The van der Waals surface area contributed by atoms with E-state index in [9.17, 15) is 0 Å². The smallest absolute Gasteiger partial charge is 0.165 e. The zero-order chi connectivity index (χ0) is 15.2. The minimum Gasteiger partial charge on any atom is -0.493 e. The number of hydrogen-bond donors (Lipinski definition) is 0. The number of aryl methyl sites for hydroxylation is 1. The van der Waals surface area contributed by atoms with Crippen molar-refractivity contribution in [2.75, 3.05) is 7.11 Å². The molecular weight excluding hydrogens is 330 g/mol. The van der Waals surface area contributed by atoms with Crippen LogP contribution in [-0.2, 0) is 11.9 Å². The molecule has 0 fully saturated rings. The second kappa shape index (κ2) is 7.14. The molecule has 0 aliphatic carbocycles. The van der Waals surface area contributed by atoms with E-state index in [2.05, 4.69) is 22.0 Å². The first kappa shape index (κ1) is 15.4. The summed E-state index contributed by atoms with van der Waals surface area (Å²) in [4.78, 5) is 0. The number of rotatable bonds is 5. The van der Waals surface area contributed by atoms with E-state index in [-0.39, 0.29) is 0 Å². The van der Waals surface area contributed by atoms with E-state index in [0.717, 1.165) is 28.2 Å². The SMILES string of the molecule is COc1cccc(CBr)c1OCc1ccc(C#N)cc1C. The molecule has 0 aromatic heterocycles. The summed E-state index contributed by atoms with van der Waals surface area (Å²) in [6, 6.07) is 13.6. The second-order valence-corrected chi connectivity index (χ2v) is 5.18. The fraction of sp³-hybridized carbons (Fsp3) is 0.235. The Morgan fingerprint density at radius 3 is 2.62 bits per heavy atom. The molecule has 3 nitrogen and oxygen atoms in total. The molecule has 4 heteroatoms. The third-order valence-corrected chi connectivity index (χ3v) is 3.87. The van der Waals surface area contributed by atoms with Crippen LogP contribution in [0, 0.1) is 18.3 Å². The average molecular weight is 346 g/mol. The summed E-state index contributed by atoms with van der Waals surface area (Å²) in [6.45, 7) is 2.42. The van der Waals surface area contributed by atoms with Gasteiger partial charge in [0.25, 0.3) is 0 Å². The number of nitrogens with zero attached hydrogens (tertiary/aromatic N) is 1. The fourth-order valence-electron chi connectivity index (χ4n) is 2.07. The number of nitriles is 1. The van der Waals surface area contributed by atoms with Crippen LogP contribution < -0.4 is 9.47 Å². The lowest BCUT2D eigenvalue weighted by Gasteiger charge is -2.15. The monoisotopic (exact) mass is 345 g/mol. The first-order chi connectivity index (χ1) is 10.2. The molecule has 0 amide bonds. The zero-order valence-electron chi connectivity index (χ0n) is 12.0. The molecule has 2 aromatic carbocycles. The van der Waals surface area contributed by atoms with E-state index in [1.165, 1.54) is 0 Å². The Morgan fingerprint density at radius 1 is 1.19 bits per heavy atom. The summed E-state index contributed by atoms with van der Waals surface area (Å²) >= 11 is 3.46. The predicted octanol–water partition coefficient (Wildman–Crippen LogP) is 4.35. The van der Waals surface area contributed by atoms with Crippen LogP contribution in [0.4, 0.5) is 0 Å². The van der Waals surface area contributed by atoms with Crippen LogP contribution >= 0.6 is 15.9 Å². The van der Waals surface area contributed by atoms with Crippen molar-refractivity contribution in [1.29, 1.82) is 5.26 Å². The molecule has 2 rings (SSSR count). The largest absolute Gasteiger partial charge is 0.493 e. The molecule has 0 bridgehead atoms. The maximum absolute atomic E-state index is 8.89. The molecule has 0 aliphatic heterocycles. The lowest BCUT2D eigenvalue weighted by molar-refractivity contribution is 0.281. The van der Waals surface area contributed by atoms with Crippen molar-refractivity contribution in [2.24, 2.45) is 0 Å². The first-order valence-electron chi connectivity index (χ1n) is 6.54. The van der Waals surface area contributed by atoms with Gasteiger partial charge in [-0.1, -0.05) is 34.1 Å². The van der Waals surface area contributed by atoms with E-state index in [0.29, 0.717) is 17.5 Å². The number of methoxy groups -OCH3 is 1. The molecule has 0 unspecified atom stereocenters. The maximum atomic E-state index is 8.89. The molecule has 0 spiro atoms. The van der Waals surface area contributed by atoms with Gasteiger partial charge in [-0.25, -0.2) is 0 Å². The van der Waals surface area contributed by atoms with Crippen LogP contribution in [0.1, 0.15) is 22.3 Å². The predicted molar refractivity (Wildman–Crippen MR) is 85.9 cm³/mol. The third kappa shape index (κ3) is 3.56. The molecule has 108 valence electrons. The summed E-state index contributed by atoms with van der Waals surface area (Å²) in [5, 5.41) is 9.59. The van der Waals surface area contributed by atoms with Crippen LogP contribution in [-0.4, -0.2) is 7.11 Å². The number of halogens is 1. The normalized spacial score (nSPS) is 10.0. The van der Waals surface area contributed by atoms with Gasteiger partial charge in [-0.3, -0.25) is 0 Å². The van der Waals surface area contributed by atoms with Crippen molar-refractivity contribution in [3.05, 3.63) is 58.7 Å². The molecule has 0 N–H and O–H groups in total. The quantitative estimate of drug-likeness (QED) is 0.756. The highest BCUT2D eigenvalue weighted by molar-refractivity contribution is 9.08. The van der Waals surface area contributed by atoms with Crippen LogP contribution in [0.3, 0.4) is 0 Å². The number of ether oxygens (including phenoxy) is 2. The summed E-state index contributed by atoms with van der Waals surface area (Å²) in [5.74, 6) is 1.47. The van der Waals surface area contributed by atoms with Crippen LogP contribution in [0.15, 0.2) is 36.4 Å². The molecule has 0 saturated carbocycles. The van der Waals surface area contributed by atoms with Gasteiger partial charge in [-0.2, -0.15) is 5.26 Å². The number of para-hydroxylation sites is 1. The average Bonchev–Trinajstić information content (AvgIpc) is 2.53. The summed E-state index contributed by atoms with van der Waals surface area (Å²) in [6.07, 6.45) is 0. The van der Waals surface area contributed by atoms with Crippen LogP contribution in [0.2, 0.25) is 0 Å². The number of benzene rings is 2. The summed E-state index contributed by atoms with van der Waals surface area (Å²) in [5.41, 5.74) is 3.81. The Kier molecular flexibility index (Phi) is 5.24. The van der Waals surface area contributed by atoms with Gasteiger partial charge < -0.3 is 9.47 Å². The zero-order valence-corrected chi connectivity index (χ0v) is 13.6. The van der Waals surface area contributed by atoms with Crippen molar-refractivity contribution in [3.8, 4) is 17.6 Å². The van der Waals surface area contributed by atoms with Gasteiger partial charge >= 0.3 is 0 Å². The lowest BCUT2D eigenvalue weighted by Crippen LogP contribution is -2.02. The van der Waals surface area contributed by atoms with Crippen molar-refractivity contribution in [1.82, 2.24) is 0 Å². The van der Waals surface area contributed by atoms with Crippen molar-refractivity contribution < 1.29 is 9.47 Å².